The molecule has 0 saturated heterocycles. The Morgan fingerprint density at radius 1 is 0.426 bits per heavy atom. The van der Waals surface area contributed by atoms with Crippen LogP contribution in [0.4, 0.5) is 0 Å². The first-order valence-corrected chi connectivity index (χ1v) is 21.6. The third-order valence-electron chi connectivity index (χ3n) is 9.93. The Hall–Kier alpha value is -0.610. The predicted molar refractivity (Wildman–Crippen MR) is 205 cm³/mol. The van der Waals surface area contributed by atoms with Crippen molar-refractivity contribution in [3.8, 4) is 0 Å². The second-order valence-corrected chi connectivity index (χ2v) is 14.8. The van der Waals surface area contributed by atoms with Crippen molar-refractivity contribution >= 4 is 5.97 Å². The zero-order chi connectivity index (χ0) is 34.1. The second kappa shape index (κ2) is 41.6. The molecule has 0 aromatic carbocycles. The van der Waals surface area contributed by atoms with Crippen LogP contribution in [0.3, 0.4) is 0 Å². The average Bonchev–Trinajstić information content (AvgIpc) is 3.08. The third kappa shape index (κ3) is 39.7. The molecule has 0 spiro atoms. The molecule has 0 fully saturated rings. The van der Waals surface area contributed by atoms with Gasteiger partial charge in [0, 0.05) is 13.0 Å². The number of esters is 1. The minimum absolute atomic E-state index is 0.163. The second-order valence-electron chi connectivity index (χ2n) is 14.8. The van der Waals surface area contributed by atoms with Crippen LogP contribution in [0.25, 0.3) is 0 Å². The molecule has 1 atom stereocenters. The summed E-state index contributed by atoms with van der Waals surface area (Å²) < 4.78 is 11.1. The summed E-state index contributed by atoms with van der Waals surface area (Å²) in [6.07, 6.45) is 47.5. The summed E-state index contributed by atoms with van der Waals surface area (Å²) in [6, 6.07) is 0. The van der Waals surface area contributed by atoms with Crippen molar-refractivity contribution < 1.29 is 19.4 Å². The van der Waals surface area contributed by atoms with Crippen molar-refractivity contribution in [3.05, 3.63) is 0 Å². The van der Waals surface area contributed by atoms with E-state index in [1.54, 1.807) is 0 Å². The van der Waals surface area contributed by atoms with E-state index in [0.29, 0.717) is 19.6 Å². The minimum Gasteiger partial charge on any atom is -0.457 e. The fourth-order valence-corrected chi connectivity index (χ4v) is 6.68. The quantitative estimate of drug-likeness (QED) is 0.0521. The maximum atomic E-state index is 12.1. The maximum Gasteiger partial charge on any atom is 0.306 e. The van der Waals surface area contributed by atoms with Crippen molar-refractivity contribution in [2.45, 2.75) is 251 Å². The maximum absolute atomic E-state index is 12.1. The van der Waals surface area contributed by atoms with Crippen molar-refractivity contribution in [2.75, 3.05) is 19.8 Å². The van der Waals surface area contributed by atoms with Crippen LogP contribution >= 0.6 is 0 Å². The Morgan fingerprint density at radius 2 is 0.702 bits per heavy atom. The highest BCUT2D eigenvalue weighted by molar-refractivity contribution is 5.69. The van der Waals surface area contributed by atoms with Crippen LogP contribution in [0.1, 0.15) is 245 Å². The minimum atomic E-state index is -0.524. The summed E-state index contributed by atoms with van der Waals surface area (Å²) in [7, 11) is 0. The van der Waals surface area contributed by atoms with Gasteiger partial charge in [-0.1, -0.05) is 226 Å². The summed E-state index contributed by atoms with van der Waals surface area (Å²) in [6.45, 7) is 5.39. The lowest BCUT2D eigenvalue weighted by molar-refractivity contribution is -0.154. The molecule has 47 heavy (non-hydrogen) atoms. The summed E-state index contributed by atoms with van der Waals surface area (Å²) >= 11 is 0. The Kier molecular flexibility index (Phi) is 41.0. The topological polar surface area (TPSA) is 55.8 Å². The van der Waals surface area contributed by atoms with Gasteiger partial charge in [0.25, 0.3) is 0 Å². The van der Waals surface area contributed by atoms with Crippen LogP contribution < -0.4 is 0 Å². The summed E-state index contributed by atoms with van der Waals surface area (Å²) in [4.78, 5) is 12.1. The van der Waals surface area contributed by atoms with Crippen LogP contribution in [0, 0.1) is 0 Å². The number of carbonyl (C=O) groups excluding carboxylic acids is 1. The normalized spacial score (nSPS) is 12.1. The first-order valence-electron chi connectivity index (χ1n) is 21.6. The fourth-order valence-electron chi connectivity index (χ4n) is 6.68. The predicted octanol–water partition coefficient (Wildman–Crippen LogP) is 14.0. The monoisotopic (exact) mass is 667 g/mol. The molecule has 282 valence electrons. The van der Waals surface area contributed by atoms with Gasteiger partial charge in [-0.3, -0.25) is 4.79 Å². The highest BCUT2D eigenvalue weighted by Gasteiger charge is 2.13. The molecule has 0 aromatic heterocycles. The van der Waals surface area contributed by atoms with Crippen molar-refractivity contribution in [1.29, 1.82) is 0 Å². The van der Waals surface area contributed by atoms with Gasteiger partial charge in [-0.2, -0.15) is 0 Å². The largest absolute Gasteiger partial charge is 0.457 e. The zero-order valence-electron chi connectivity index (χ0n) is 32.3. The molecule has 0 bridgehead atoms. The van der Waals surface area contributed by atoms with Crippen molar-refractivity contribution in [3.63, 3.8) is 0 Å². The van der Waals surface area contributed by atoms with Gasteiger partial charge in [0.15, 0.2) is 0 Å². The number of ether oxygens (including phenoxy) is 2. The molecule has 0 amide bonds. The lowest BCUT2D eigenvalue weighted by Gasteiger charge is -2.16. The van der Waals surface area contributed by atoms with Gasteiger partial charge in [0.2, 0.25) is 0 Å². The number of hydrogen-bond acceptors (Lipinski definition) is 4. The SMILES string of the molecule is CCCCCCCCCCCCCCCCCCCCCCCCCCOCC(CO)OC(=O)CCCCCCCCCCCCC. The first-order chi connectivity index (χ1) is 23.2. The van der Waals surface area contributed by atoms with E-state index in [9.17, 15) is 9.90 Å². The van der Waals surface area contributed by atoms with Crippen LogP contribution in [-0.4, -0.2) is 37.0 Å². The molecule has 0 rings (SSSR count). The van der Waals surface area contributed by atoms with E-state index in [2.05, 4.69) is 13.8 Å². The van der Waals surface area contributed by atoms with Crippen LogP contribution in [0.2, 0.25) is 0 Å². The van der Waals surface area contributed by atoms with E-state index in [1.165, 1.54) is 205 Å². The zero-order valence-corrected chi connectivity index (χ0v) is 32.3. The number of unbranched alkanes of at least 4 members (excludes halogenated alkanes) is 33. The molecule has 1 unspecified atom stereocenters. The Morgan fingerprint density at radius 3 is 1.00 bits per heavy atom. The number of hydrogen-bond donors (Lipinski definition) is 1. The molecular weight excluding hydrogens is 580 g/mol. The van der Waals surface area contributed by atoms with Crippen molar-refractivity contribution in [2.24, 2.45) is 0 Å². The smallest absolute Gasteiger partial charge is 0.306 e. The van der Waals surface area contributed by atoms with E-state index in [-0.39, 0.29) is 12.6 Å². The third-order valence-corrected chi connectivity index (χ3v) is 9.93. The summed E-state index contributed by atoms with van der Waals surface area (Å²) in [5.41, 5.74) is 0. The number of carbonyl (C=O) groups is 1. The van der Waals surface area contributed by atoms with E-state index < -0.39 is 6.10 Å². The lowest BCUT2D eigenvalue weighted by atomic mass is 10.0. The van der Waals surface area contributed by atoms with Crippen molar-refractivity contribution in [1.82, 2.24) is 0 Å². The van der Waals surface area contributed by atoms with Gasteiger partial charge in [-0.25, -0.2) is 0 Å². The van der Waals surface area contributed by atoms with Gasteiger partial charge in [-0.05, 0) is 12.8 Å². The summed E-state index contributed by atoms with van der Waals surface area (Å²) in [5.74, 6) is -0.196. The highest BCUT2D eigenvalue weighted by Crippen LogP contribution is 2.16. The first kappa shape index (κ1) is 46.4. The molecule has 0 aliphatic carbocycles. The Balaban J connectivity index is 3.30. The lowest BCUT2D eigenvalue weighted by Crippen LogP contribution is -2.27. The fraction of sp³-hybridized carbons (Fsp3) is 0.977. The molecule has 0 heterocycles. The van der Waals surface area contributed by atoms with Crippen LogP contribution in [0.15, 0.2) is 0 Å². The van der Waals surface area contributed by atoms with Crippen LogP contribution in [-0.2, 0) is 14.3 Å². The molecule has 0 aromatic rings. The number of aliphatic hydroxyl groups is 1. The van der Waals surface area contributed by atoms with E-state index in [1.807, 2.05) is 0 Å². The van der Waals surface area contributed by atoms with E-state index in [0.717, 1.165) is 19.3 Å². The van der Waals surface area contributed by atoms with Gasteiger partial charge in [-0.15, -0.1) is 0 Å². The van der Waals surface area contributed by atoms with Gasteiger partial charge < -0.3 is 14.6 Å². The molecule has 1 N–H and O–H groups in total. The molecule has 4 heteroatoms. The average molecular weight is 667 g/mol. The number of aliphatic hydroxyl groups excluding tert-OH is 1. The van der Waals surface area contributed by atoms with Gasteiger partial charge >= 0.3 is 5.97 Å². The molecule has 4 nitrogen and oxygen atoms in total. The van der Waals surface area contributed by atoms with Crippen LogP contribution in [0.5, 0.6) is 0 Å². The van der Waals surface area contributed by atoms with E-state index in [4.69, 9.17) is 9.47 Å². The molecule has 0 aliphatic heterocycles. The summed E-state index contributed by atoms with van der Waals surface area (Å²) in [5, 5.41) is 9.57. The highest BCUT2D eigenvalue weighted by atomic mass is 16.6. The molecule has 0 aliphatic rings. The van der Waals surface area contributed by atoms with Gasteiger partial charge in [0.05, 0.1) is 13.2 Å². The molecule has 0 radical (unpaired) electrons. The standard InChI is InChI=1S/C43H86O4/c1-3-5-7-9-11-13-15-16-17-18-19-20-21-22-23-24-25-26-27-29-31-33-35-37-39-46-41-42(40-44)47-43(45)38-36-34-32-30-28-14-12-10-8-6-4-2/h42,44H,3-41H2,1-2H3. The Labute approximate surface area is 295 Å². The molecular formula is C43H86O4. The number of rotatable bonds is 41. The van der Waals surface area contributed by atoms with Gasteiger partial charge in [0.1, 0.15) is 6.10 Å². The molecule has 0 saturated carbocycles. The Bertz CT molecular complexity index is 580. The van der Waals surface area contributed by atoms with E-state index >= 15 is 0 Å².